The molecule has 0 aliphatic carbocycles. The van der Waals surface area contributed by atoms with Gasteiger partial charge < -0.3 is 14.6 Å². The van der Waals surface area contributed by atoms with E-state index in [1.807, 2.05) is 29.1 Å². The van der Waals surface area contributed by atoms with Crippen LogP contribution in [0.15, 0.2) is 67.0 Å². The van der Waals surface area contributed by atoms with Gasteiger partial charge in [0.15, 0.2) is 0 Å². The monoisotopic (exact) mass is 368 g/mol. The molecule has 0 fully saturated rings. The third-order valence-electron chi connectivity index (χ3n) is 4.26. The van der Waals surface area contributed by atoms with E-state index in [0.717, 1.165) is 5.56 Å². The van der Waals surface area contributed by atoms with Gasteiger partial charge in [-0.3, -0.25) is 4.79 Å². The average molecular weight is 369 g/mol. The summed E-state index contributed by atoms with van der Waals surface area (Å²) in [6.07, 6.45) is 4.27. The molecule has 0 saturated heterocycles. The molecule has 1 atom stereocenters. The molecule has 1 heterocycles. The van der Waals surface area contributed by atoms with Crippen molar-refractivity contribution in [1.82, 2.24) is 4.57 Å². The molecule has 1 amide bonds. The number of hydrogen-bond donors (Lipinski definition) is 1. The summed E-state index contributed by atoms with van der Waals surface area (Å²) in [5, 5.41) is 3.38. The van der Waals surface area contributed by atoms with E-state index in [1.54, 1.807) is 25.3 Å². The number of hydrogen-bond acceptors (Lipinski definition) is 2. The van der Waals surface area contributed by atoms with Crippen molar-refractivity contribution in [1.29, 1.82) is 0 Å². The lowest BCUT2D eigenvalue weighted by Gasteiger charge is -2.20. The second-order valence-electron chi connectivity index (χ2n) is 6.16. The maximum atomic E-state index is 12.6. The first-order valence-corrected chi connectivity index (χ1v) is 8.77. The molecular weight excluding hydrogens is 348 g/mol. The second kappa shape index (κ2) is 8.11. The molecule has 0 bridgehead atoms. The van der Waals surface area contributed by atoms with Crippen LogP contribution in [0.25, 0.3) is 0 Å². The van der Waals surface area contributed by atoms with E-state index in [1.165, 1.54) is 5.56 Å². The van der Waals surface area contributed by atoms with E-state index >= 15 is 0 Å². The Balaban J connectivity index is 1.77. The Morgan fingerprint density at radius 2 is 1.85 bits per heavy atom. The zero-order valence-electron chi connectivity index (χ0n) is 14.8. The van der Waals surface area contributed by atoms with Gasteiger partial charge in [-0.1, -0.05) is 41.4 Å². The quantitative estimate of drug-likeness (QED) is 0.659. The van der Waals surface area contributed by atoms with Crippen LogP contribution in [0.3, 0.4) is 0 Å². The highest BCUT2D eigenvalue weighted by Crippen LogP contribution is 2.28. The summed E-state index contributed by atoms with van der Waals surface area (Å²) in [7, 11) is 1.56. The van der Waals surface area contributed by atoms with E-state index in [9.17, 15) is 4.79 Å². The zero-order valence-corrected chi connectivity index (χ0v) is 15.5. The fourth-order valence-corrected chi connectivity index (χ4v) is 3.13. The number of aryl methyl sites for hydroxylation is 1. The molecule has 0 aliphatic rings. The van der Waals surface area contributed by atoms with E-state index in [2.05, 4.69) is 36.5 Å². The van der Waals surface area contributed by atoms with Gasteiger partial charge in [0.2, 0.25) is 5.91 Å². The van der Waals surface area contributed by atoms with Crippen LogP contribution in [0.1, 0.15) is 23.6 Å². The van der Waals surface area contributed by atoms with Crippen molar-refractivity contribution in [3.8, 4) is 5.75 Å². The SMILES string of the molecule is COc1ccc(NC(=O)CC(c2ccc(C)cc2)n2cccc2)cc1Cl. The summed E-state index contributed by atoms with van der Waals surface area (Å²) >= 11 is 6.13. The Kier molecular flexibility index (Phi) is 5.64. The van der Waals surface area contributed by atoms with Crippen molar-refractivity contribution in [2.45, 2.75) is 19.4 Å². The first kappa shape index (κ1) is 18.1. The van der Waals surface area contributed by atoms with Crippen molar-refractivity contribution in [2.24, 2.45) is 0 Å². The van der Waals surface area contributed by atoms with Gasteiger partial charge in [0, 0.05) is 18.1 Å². The number of rotatable bonds is 6. The Hall–Kier alpha value is -2.72. The smallest absolute Gasteiger partial charge is 0.226 e. The first-order valence-electron chi connectivity index (χ1n) is 8.39. The van der Waals surface area contributed by atoms with Crippen LogP contribution in [-0.4, -0.2) is 17.6 Å². The number of halogens is 1. The van der Waals surface area contributed by atoms with Gasteiger partial charge in [0.25, 0.3) is 0 Å². The fraction of sp³-hybridized carbons (Fsp3) is 0.190. The van der Waals surface area contributed by atoms with Crippen molar-refractivity contribution < 1.29 is 9.53 Å². The minimum atomic E-state index is -0.0782. The average Bonchev–Trinajstić information content (AvgIpc) is 3.15. The number of carbonyl (C=O) groups is 1. The van der Waals surface area contributed by atoms with Gasteiger partial charge in [0.05, 0.1) is 24.6 Å². The van der Waals surface area contributed by atoms with Crippen LogP contribution < -0.4 is 10.1 Å². The van der Waals surface area contributed by atoms with E-state index in [0.29, 0.717) is 22.9 Å². The number of nitrogens with zero attached hydrogens (tertiary/aromatic N) is 1. The lowest BCUT2D eigenvalue weighted by molar-refractivity contribution is -0.116. The second-order valence-corrected chi connectivity index (χ2v) is 6.57. The van der Waals surface area contributed by atoms with Crippen LogP contribution in [0, 0.1) is 6.92 Å². The van der Waals surface area contributed by atoms with E-state index < -0.39 is 0 Å². The predicted molar refractivity (Wildman–Crippen MR) is 105 cm³/mol. The summed E-state index contributed by atoms with van der Waals surface area (Å²) < 4.78 is 7.18. The van der Waals surface area contributed by atoms with Gasteiger partial charge in [-0.15, -0.1) is 0 Å². The van der Waals surface area contributed by atoms with E-state index in [-0.39, 0.29) is 11.9 Å². The summed E-state index contributed by atoms with van der Waals surface area (Å²) in [5.41, 5.74) is 2.93. The third-order valence-corrected chi connectivity index (χ3v) is 4.56. The molecule has 4 nitrogen and oxygen atoms in total. The van der Waals surface area contributed by atoms with Crippen LogP contribution in [0.2, 0.25) is 5.02 Å². The number of anilines is 1. The summed E-state index contributed by atoms with van der Waals surface area (Å²) in [4.78, 5) is 12.6. The van der Waals surface area contributed by atoms with Crippen LogP contribution in [0.5, 0.6) is 5.75 Å². The molecule has 134 valence electrons. The molecule has 5 heteroatoms. The number of benzene rings is 2. The number of carbonyl (C=O) groups excluding carboxylic acids is 1. The van der Waals surface area contributed by atoms with Crippen molar-refractivity contribution >= 4 is 23.2 Å². The highest BCUT2D eigenvalue weighted by molar-refractivity contribution is 6.32. The highest BCUT2D eigenvalue weighted by Gasteiger charge is 2.17. The minimum absolute atomic E-state index is 0.0701. The van der Waals surface area contributed by atoms with Gasteiger partial charge >= 0.3 is 0 Å². The largest absolute Gasteiger partial charge is 0.495 e. The Morgan fingerprint density at radius 3 is 2.46 bits per heavy atom. The summed E-state index contributed by atoms with van der Waals surface area (Å²) in [6.45, 7) is 2.05. The number of methoxy groups -OCH3 is 1. The Bertz CT molecular complexity index is 874. The Labute approximate surface area is 158 Å². The molecule has 2 aromatic carbocycles. The fourth-order valence-electron chi connectivity index (χ4n) is 2.87. The minimum Gasteiger partial charge on any atom is -0.495 e. The third kappa shape index (κ3) is 4.27. The van der Waals surface area contributed by atoms with Crippen LogP contribution in [0.4, 0.5) is 5.69 Å². The van der Waals surface area contributed by atoms with Crippen molar-refractivity contribution in [2.75, 3.05) is 12.4 Å². The molecule has 1 N–H and O–H groups in total. The van der Waals surface area contributed by atoms with Crippen molar-refractivity contribution in [3.05, 3.63) is 83.1 Å². The molecule has 0 radical (unpaired) electrons. The van der Waals surface area contributed by atoms with Gasteiger partial charge in [-0.25, -0.2) is 0 Å². The summed E-state index contributed by atoms with van der Waals surface area (Å²) in [5.74, 6) is 0.500. The summed E-state index contributed by atoms with van der Waals surface area (Å²) in [6, 6.07) is 17.3. The lowest BCUT2D eigenvalue weighted by atomic mass is 10.0. The molecule has 1 aromatic heterocycles. The molecule has 1 unspecified atom stereocenters. The highest BCUT2D eigenvalue weighted by atomic mass is 35.5. The maximum Gasteiger partial charge on any atom is 0.226 e. The number of aromatic nitrogens is 1. The molecular formula is C21H21ClN2O2. The molecule has 3 aromatic rings. The number of nitrogens with one attached hydrogen (secondary N) is 1. The zero-order chi connectivity index (χ0) is 18.5. The molecule has 3 rings (SSSR count). The maximum absolute atomic E-state index is 12.6. The number of ether oxygens (including phenoxy) is 1. The molecule has 0 aliphatic heterocycles. The normalized spacial score (nSPS) is 11.8. The lowest BCUT2D eigenvalue weighted by Crippen LogP contribution is -2.19. The standard InChI is InChI=1S/C21H21ClN2O2/c1-15-5-7-16(8-6-15)19(24-11-3-4-12-24)14-21(25)23-17-9-10-20(26-2)18(22)13-17/h3-13,19H,14H2,1-2H3,(H,23,25). The van der Waals surface area contributed by atoms with E-state index in [4.69, 9.17) is 16.3 Å². The van der Waals surface area contributed by atoms with Crippen LogP contribution >= 0.6 is 11.6 Å². The molecule has 0 saturated carbocycles. The first-order chi connectivity index (χ1) is 12.6. The van der Waals surface area contributed by atoms with Gasteiger partial charge in [0.1, 0.15) is 5.75 Å². The van der Waals surface area contributed by atoms with Gasteiger partial charge in [-0.2, -0.15) is 0 Å². The van der Waals surface area contributed by atoms with Crippen molar-refractivity contribution in [3.63, 3.8) is 0 Å². The topological polar surface area (TPSA) is 43.3 Å². The predicted octanol–water partition coefficient (Wildman–Crippen LogP) is 5.08. The van der Waals surface area contributed by atoms with Crippen LogP contribution in [-0.2, 0) is 4.79 Å². The molecule has 26 heavy (non-hydrogen) atoms. The van der Waals surface area contributed by atoms with Gasteiger partial charge in [-0.05, 0) is 42.8 Å². The Morgan fingerprint density at radius 1 is 1.15 bits per heavy atom. The number of amides is 1. The molecule has 0 spiro atoms.